The standard InChI is InChI=1S/C19H31N3O10S3/c1-20-9-4-5-17(8-10-20)35(29,30)19-15-16(22(23)24)6-7-18(19)21(11-13-31-33(2,25)26)12-14-32-34(3,27)28/h6-7,15,17H,4-5,8-14H2,1-3H3. The predicted molar refractivity (Wildman–Crippen MR) is 129 cm³/mol. The highest BCUT2D eigenvalue weighted by Crippen LogP contribution is 2.34. The summed E-state index contributed by atoms with van der Waals surface area (Å²) in [7, 11) is -9.74. The van der Waals surface area contributed by atoms with Crippen LogP contribution in [0.4, 0.5) is 11.4 Å². The molecule has 0 saturated carbocycles. The van der Waals surface area contributed by atoms with Crippen molar-refractivity contribution in [3.63, 3.8) is 0 Å². The Morgan fingerprint density at radius 2 is 1.57 bits per heavy atom. The Morgan fingerprint density at radius 1 is 1.00 bits per heavy atom. The molecule has 0 aliphatic carbocycles. The smallest absolute Gasteiger partial charge is 0.270 e. The Morgan fingerprint density at radius 3 is 2.09 bits per heavy atom. The van der Waals surface area contributed by atoms with E-state index in [0.717, 1.165) is 31.2 Å². The Hall–Kier alpha value is -1.85. The second kappa shape index (κ2) is 11.9. The van der Waals surface area contributed by atoms with Crippen molar-refractivity contribution >= 4 is 41.4 Å². The number of hydrogen-bond acceptors (Lipinski definition) is 12. The lowest BCUT2D eigenvalue weighted by Crippen LogP contribution is -2.34. The summed E-state index contributed by atoms with van der Waals surface area (Å²) < 4.78 is 82.5. The van der Waals surface area contributed by atoms with Gasteiger partial charge in [-0.25, -0.2) is 8.42 Å². The van der Waals surface area contributed by atoms with Crippen molar-refractivity contribution < 1.29 is 38.5 Å². The molecule has 35 heavy (non-hydrogen) atoms. The highest BCUT2D eigenvalue weighted by molar-refractivity contribution is 7.92. The second-order valence-corrected chi connectivity index (χ2v) is 13.8. The minimum Gasteiger partial charge on any atom is -0.366 e. The van der Waals surface area contributed by atoms with Gasteiger partial charge in [0, 0.05) is 25.2 Å². The maximum absolute atomic E-state index is 13.7. The Bertz CT molecular complexity index is 1180. The normalized spacial score (nSPS) is 18.2. The lowest BCUT2D eigenvalue weighted by molar-refractivity contribution is -0.385. The summed E-state index contributed by atoms with van der Waals surface area (Å²) >= 11 is 0. The van der Waals surface area contributed by atoms with Gasteiger partial charge in [0.05, 0.1) is 46.5 Å². The van der Waals surface area contributed by atoms with Gasteiger partial charge < -0.3 is 9.80 Å². The molecule has 0 spiro atoms. The van der Waals surface area contributed by atoms with Crippen LogP contribution >= 0.6 is 0 Å². The maximum Gasteiger partial charge on any atom is 0.270 e. The quantitative estimate of drug-likeness (QED) is 0.200. The summed E-state index contributed by atoms with van der Waals surface area (Å²) in [6.45, 7) is 0.264. The number of hydrogen-bond donors (Lipinski definition) is 0. The van der Waals surface area contributed by atoms with E-state index in [-0.39, 0.29) is 36.9 Å². The Balaban J connectivity index is 2.50. The summed E-state index contributed by atoms with van der Waals surface area (Å²) in [5.74, 6) is 0. The fraction of sp³-hybridized carbons (Fsp3) is 0.684. The molecule has 2 rings (SSSR count). The van der Waals surface area contributed by atoms with Gasteiger partial charge in [0.2, 0.25) is 0 Å². The lowest BCUT2D eigenvalue weighted by atomic mass is 10.2. The molecule has 1 saturated heterocycles. The van der Waals surface area contributed by atoms with Crippen molar-refractivity contribution in [2.24, 2.45) is 0 Å². The molecule has 1 heterocycles. The molecule has 1 atom stereocenters. The van der Waals surface area contributed by atoms with Gasteiger partial charge in [0.25, 0.3) is 25.9 Å². The zero-order valence-electron chi connectivity index (χ0n) is 19.8. The van der Waals surface area contributed by atoms with Crippen molar-refractivity contribution in [3.8, 4) is 0 Å². The highest BCUT2D eigenvalue weighted by Gasteiger charge is 2.33. The van der Waals surface area contributed by atoms with E-state index in [1.54, 1.807) is 0 Å². The molecule has 1 aliphatic heterocycles. The molecule has 200 valence electrons. The van der Waals surface area contributed by atoms with E-state index in [0.29, 0.717) is 25.8 Å². The number of nitrogens with zero attached hydrogens (tertiary/aromatic N) is 3. The van der Waals surface area contributed by atoms with E-state index in [1.165, 1.54) is 11.0 Å². The zero-order valence-corrected chi connectivity index (χ0v) is 22.3. The van der Waals surface area contributed by atoms with Crippen molar-refractivity contribution in [3.05, 3.63) is 28.3 Å². The van der Waals surface area contributed by atoms with Gasteiger partial charge in [0.15, 0.2) is 9.84 Å². The van der Waals surface area contributed by atoms with Gasteiger partial charge in [-0.15, -0.1) is 0 Å². The van der Waals surface area contributed by atoms with Crippen molar-refractivity contribution in [2.45, 2.75) is 29.4 Å². The van der Waals surface area contributed by atoms with Gasteiger partial charge in [-0.2, -0.15) is 16.8 Å². The predicted octanol–water partition coefficient (Wildman–Crippen LogP) is 0.612. The molecule has 16 heteroatoms. The molecule has 0 aromatic heterocycles. The first-order valence-electron chi connectivity index (χ1n) is 10.7. The number of sulfone groups is 1. The zero-order chi connectivity index (χ0) is 26.4. The molecule has 1 fully saturated rings. The van der Waals surface area contributed by atoms with Gasteiger partial charge in [-0.1, -0.05) is 0 Å². The minimum absolute atomic E-state index is 0.0717. The molecule has 1 aromatic carbocycles. The number of likely N-dealkylation sites (tertiary alicyclic amines) is 1. The molecule has 0 amide bonds. The van der Waals surface area contributed by atoms with E-state index < -0.39 is 45.9 Å². The Kier molecular flexibility index (Phi) is 10.0. The average Bonchev–Trinajstić information content (AvgIpc) is 2.95. The summed E-state index contributed by atoms with van der Waals surface area (Å²) in [6, 6.07) is 3.38. The van der Waals surface area contributed by atoms with E-state index in [1.807, 2.05) is 11.9 Å². The second-order valence-electron chi connectivity index (χ2n) is 8.35. The van der Waals surface area contributed by atoms with Crippen LogP contribution in [0.5, 0.6) is 0 Å². The highest BCUT2D eigenvalue weighted by atomic mass is 32.2. The molecule has 0 radical (unpaired) electrons. The average molecular weight is 558 g/mol. The van der Waals surface area contributed by atoms with Crippen molar-refractivity contribution in [1.29, 1.82) is 0 Å². The van der Waals surface area contributed by atoms with Crippen LogP contribution in [0.1, 0.15) is 19.3 Å². The van der Waals surface area contributed by atoms with Crippen LogP contribution < -0.4 is 4.90 Å². The van der Waals surface area contributed by atoms with Gasteiger partial charge in [0.1, 0.15) is 0 Å². The number of anilines is 1. The third kappa shape index (κ3) is 9.27. The lowest BCUT2D eigenvalue weighted by Gasteiger charge is -2.27. The Labute approximate surface area is 206 Å². The molecule has 0 N–H and O–H groups in total. The molecule has 0 bridgehead atoms. The first-order chi connectivity index (χ1) is 16.1. The third-order valence-electron chi connectivity index (χ3n) is 5.46. The van der Waals surface area contributed by atoms with Crippen LogP contribution in [0.15, 0.2) is 23.1 Å². The first-order valence-corrected chi connectivity index (χ1v) is 15.9. The van der Waals surface area contributed by atoms with Gasteiger partial charge in [-0.3, -0.25) is 18.5 Å². The topological polar surface area (TPSA) is 170 Å². The number of nitro groups is 1. The van der Waals surface area contributed by atoms with Crippen LogP contribution in [0, 0.1) is 10.1 Å². The van der Waals surface area contributed by atoms with E-state index in [4.69, 9.17) is 8.37 Å². The van der Waals surface area contributed by atoms with E-state index in [9.17, 15) is 35.4 Å². The number of rotatable bonds is 12. The van der Waals surface area contributed by atoms with Crippen LogP contribution in [0.2, 0.25) is 0 Å². The molecule has 1 unspecified atom stereocenters. The SMILES string of the molecule is CN1CCCC(S(=O)(=O)c2cc([N+](=O)[O-])ccc2N(CCOS(C)(=O)=O)CCOS(C)(=O)=O)CC1. The van der Waals surface area contributed by atoms with Crippen molar-refractivity contribution in [1.82, 2.24) is 4.90 Å². The van der Waals surface area contributed by atoms with E-state index in [2.05, 4.69) is 0 Å². The number of benzene rings is 1. The van der Waals surface area contributed by atoms with Crippen molar-refractivity contribution in [2.75, 3.05) is 63.9 Å². The molecule has 1 aromatic rings. The fourth-order valence-electron chi connectivity index (χ4n) is 3.76. The third-order valence-corrected chi connectivity index (χ3v) is 8.93. The van der Waals surface area contributed by atoms with Crippen LogP contribution in [-0.2, 0) is 38.4 Å². The minimum atomic E-state index is -4.04. The van der Waals surface area contributed by atoms with Gasteiger partial charge in [-0.05, 0) is 45.5 Å². The fourth-order valence-corrected chi connectivity index (χ4v) is 6.54. The summed E-state index contributed by atoms with van der Waals surface area (Å²) in [5, 5.41) is 10.6. The van der Waals surface area contributed by atoms with Gasteiger partial charge >= 0.3 is 0 Å². The molecule has 1 aliphatic rings. The summed E-state index contributed by atoms with van der Waals surface area (Å²) in [6.07, 6.45) is 3.07. The van der Waals surface area contributed by atoms with E-state index >= 15 is 0 Å². The van der Waals surface area contributed by atoms with Crippen LogP contribution in [0.3, 0.4) is 0 Å². The maximum atomic E-state index is 13.7. The number of nitro benzene ring substituents is 1. The first kappa shape index (κ1) is 29.4. The largest absolute Gasteiger partial charge is 0.366 e. The molecular weight excluding hydrogens is 526 g/mol. The molecule has 13 nitrogen and oxygen atoms in total. The monoisotopic (exact) mass is 557 g/mol. The van der Waals surface area contributed by atoms with Crippen LogP contribution in [-0.4, -0.2) is 99.3 Å². The molecular formula is C19H31N3O10S3. The summed E-state index contributed by atoms with van der Waals surface area (Å²) in [5.41, 5.74) is -0.347. The number of non-ortho nitro benzene ring substituents is 1. The van der Waals surface area contributed by atoms with Crippen LogP contribution in [0.25, 0.3) is 0 Å². The summed E-state index contributed by atoms with van der Waals surface area (Å²) in [4.78, 5) is 13.8.